The molecule has 8 nitrogen and oxygen atoms in total. The molecule has 0 aliphatic carbocycles. The second-order valence-corrected chi connectivity index (χ2v) is 3.30. The van der Waals surface area contributed by atoms with Gasteiger partial charge in [0.25, 0.3) is 0 Å². The Morgan fingerprint density at radius 2 is 2.22 bits per heavy atom. The summed E-state index contributed by atoms with van der Waals surface area (Å²) < 4.78 is 5.17. The van der Waals surface area contributed by atoms with Gasteiger partial charge in [0.2, 0.25) is 11.9 Å². The molecule has 3 N–H and O–H groups in total. The fourth-order valence-electron chi connectivity index (χ4n) is 1.24. The number of hydrogen-bond acceptors (Lipinski definition) is 8. The Labute approximate surface area is 104 Å². The minimum atomic E-state index is 0.107. The van der Waals surface area contributed by atoms with Crippen molar-refractivity contribution in [3.63, 3.8) is 0 Å². The fraction of sp³-hybridized carbons (Fsp3) is 0.300. The molecule has 2 rings (SSSR count). The zero-order chi connectivity index (χ0) is 12.8. The fourth-order valence-corrected chi connectivity index (χ4v) is 1.24. The highest BCUT2D eigenvalue weighted by atomic mass is 16.5. The van der Waals surface area contributed by atoms with Gasteiger partial charge in [-0.15, -0.1) is 0 Å². The molecule has 0 amide bonds. The van der Waals surface area contributed by atoms with E-state index in [-0.39, 0.29) is 12.0 Å². The van der Waals surface area contributed by atoms with Gasteiger partial charge in [-0.1, -0.05) is 0 Å². The number of hydrogen-bond donors (Lipinski definition) is 2. The topological polar surface area (TPSA) is 112 Å². The van der Waals surface area contributed by atoms with Crippen LogP contribution in [0.1, 0.15) is 12.6 Å². The molecule has 0 aliphatic heterocycles. The zero-order valence-electron chi connectivity index (χ0n) is 9.87. The molecule has 94 valence electrons. The van der Waals surface area contributed by atoms with Crippen LogP contribution in [-0.4, -0.2) is 31.8 Å². The second-order valence-electron chi connectivity index (χ2n) is 3.30. The number of nitrogens with zero attached hydrogens (tertiary/aromatic N) is 5. The molecule has 0 atom stereocenters. The van der Waals surface area contributed by atoms with E-state index in [4.69, 9.17) is 10.5 Å². The van der Waals surface area contributed by atoms with Gasteiger partial charge in [-0.3, -0.25) is 0 Å². The molecule has 2 aromatic rings. The lowest BCUT2D eigenvalue weighted by molar-refractivity contribution is 0.312. The van der Waals surface area contributed by atoms with Crippen molar-refractivity contribution >= 4 is 11.9 Å². The zero-order valence-corrected chi connectivity index (χ0v) is 9.87. The molecule has 2 aromatic heterocycles. The standard InChI is InChI=1S/C10H13N7O/c1-2-18-10-15-8(11)14-9(16-10)12-6-7-4-3-5-13-17-7/h3-5H,2,6H2,1H3,(H3,11,12,14,15,16). The molecule has 0 aliphatic rings. The Morgan fingerprint density at radius 1 is 1.33 bits per heavy atom. The summed E-state index contributed by atoms with van der Waals surface area (Å²) in [5.74, 6) is 0.451. The molecular formula is C10H13N7O. The number of nitrogen functional groups attached to an aromatic ring is 1. The summed E-state index contributed by atoms with van der Waals surface area (Å²) in [6.45, 7) is 2.75. The van der Waals surface area contributed by atoms with E-state index >= 15 is 0 Å². The maximum Gasteiger partial charge on any atom is 0.323 e. The van der Waals surface area contributed by atoms with E-state index < -0.39 is 0 Å². The van der Waals surface area contributed by atoms with Crippen LogP contribution in [0.25, 0.3) is 0 Å². The maximum atomic E-state index is 5.55. The lowest BCUT2D eigenvalue weighted by Crippen LogP contribution is -2.10. The predicted molar refractivity (Wildman–Crippen MR) is 64.8 cm³/mol. The number of ether oxygens (including phenoxy) is 1. The van der Waals surface area contributed by atoms with Gasteiger partial charge in [0.15, 0.2) is 0 Å². The lowest BCUT2D eigenvalue weighted by Gasteiger charge is -2.06. The molecular weight excluding hydrogens is 234 g/mol. The molecule has 0 saturated heterocycles. The first-order valence-electron chi connectivity index (χ1n) is 5.42. The number of rotatable bonds is 5. The molecule has 8 heteroatoms. The van der Waals surface area contributed by atoms with Gasteiger partial charge in [-0.2, -0.15) is 25.1 Å². The van der Waals surface area contributed by atoms with Crippen LogP contribution in [0.15, 0.2) is 18.3 Å². The van der Waals surface area contributed by atoms with Gasteiger partial charge in [-0.25, -0.2) is 0 Å². The Kier molecular flexibility index (Phi) is 3.79. The van der Waals surface area contributed by atoms with E-state index in [1.807, 2.05) is 13.0 Å². The van der Waals surface area contributed by atoms with E-state index in [1.165, 1.54) is 0 Å². The first-order valence-corrected chi connectivity index (χ1v) is 5.42. The van der Waals surface area contributed by atoms with Crippen molar-refractivity contribution in [2.24, 2.45) is 0 Å². The highest BCUT2D eigenvalue weighted by molar-refractivity contribution is 5.32. The number of anilines is 2. The number of nitrogens with one attached hydrogen (secondary N) is 1. The Hall–Kier alpha value is -2.51. The van der Waals surface area contributed by atoms with Crippen molar-refractivity contribution in [2.45, 2.75) is 13.5 Å². The van der Waals surface area contributed by atoms with Crippen LogP contribution in [0, 0.1) is 0 Å². The van der Waals surface area contributed by atoms with Gasteiger partial charge in [0.05, 0.1) is 18.8 Å². The quantitative estimate of drug-likeness (QED) is 0.773. The molecule has 0 saturated carbocycles. The second kappa shape index (κ2) is 5.71. The molecule has 2 heterocycles. The van der Waals surface area contributed by atoms with Crippen molar-refractivity contribution in [1.29, 1.82) is 0 Å². The molecule has 0 spiro atoms. The summed E-state index contributed by atoms with van der Waals surface area (Å²) in [5.41, 5.74) is 6.32. The van der Waals surface area contributed by atoms with Crippen LogP contribution in [0.2, 0.25) is 0 Å². The van der Waals surface area contributed by atoms with Gasteiger partial charge < -0.3 is 15.8 Å². The van der Waals surface area contributed by atoms with Crippen LogP contribution >= 0.6 is 0 Å². The third-order valence-corrected chi connectivity index (χ3v) is 1.96. The summed E-state index contributed by atoms with van der Waals surface area (Å²) in [7, 11) is 0. The summed E-state index contributed by atoms with van der Waals surface area (Å²) in [5, 5.41) is 10.7. The highest BCUT2D eigenvalue weighted by Crippen LogP contribution is 2.09. The SMILES string of the molecule is CCOc1nc(N)nc(NCc2cccnn2)n1. The minimum Gasteiger partial charge on any atom is -0.464 e. The normalized spacial score (nSPS) is 10.1. The van der Waals surface area contributed by atoms with Gasteiger partial charge in [-0.05, 0) is 19.1 Å². The molecule has 0 fully saturated rings. The van der Waals surface area contributed by atoms with E-state index in [0.29, 0.717) is 19.1 Å². The Morgan fingerprint density at radius 3 is 2.94 bits per heavy atom. The minimum absolute atomic E-state index is 0.107. The Bertz CT molecular complexity index is 505. The van der Waals surface area contributed by atoms with Crippen LogP contribution in [-0.2, 0) is 6.54 Å². The molecule has 0 unspecified atom stereocenters. The first kappa shape index (κ1) is 12.0. The van der Waals surface area contributed by atoms with E-state index in [2.05, 4.69) is 30.5 Å². The average molecular weight is 247 g/mol. The van der Waals surface area contributed by atoms with Gasteiger partial charge in [0, 0.05) is 6.20 Å². The van der Waals surface area contributed by atoms with Crippen molar-refractivity contribution in [1.82, 2.24) is 25.1 Å². The third-order valence-electron chi connectivity index (χ3n) is 1.96. The van der Waals surface area contributed by atoms with Crippen LogP contribution in [0.4, 0.5) is 11.9 Å². The van der Waals surface area contributed by atoms with E-state index in [1.54, 1.807) is 12.3 Å². The summed E-state index contributed by atoms with van der Waals surface area (Å²) in [6, 6.07) is 3.84. The summed E-state index contributed by atoms with van der Waals surface area (Å²) in [4.78, 5) is 11.8. The van der Waals surface area contributed by atoms with Crippen molar-refractivity contribution < 1.29 is 4.74 Å². The third kappa shape index (κ3) is 3.24. The average Bonchev–Trinajstić information content (AvgIpc) is 2.37. The smallest absolute Gasteiger partial charge is 0.323 e. The number of aromatic nitrogens is 5. The van der Waals surface area contributed by atoms with E-state index in [0.717, 1.165) is 5.69 Å². The highest BCUT2D eigenvalue weighted by Gasteiger charge is 2.05. The van der Waals surface area contributed by atoms with E-state index in [9.17, 15) is 0 Å². The first-order chi connectivity index (χ1) is 8.78. The van der Waals surface area contributed by atoms with Crippen molar-refractivity contribution in [2.75, 3.05) is 17.7 Å². The lowest BCUT2D eigenvalue weighted by atomic mass is 10.4. The van der Waals surface area contributed by atoms with Crippen molar-refractivity contribution in [3.05, 3.63) is 24.0 Å². The van der Waals surface area contributed by atoms with Crippen molar-refractivity contribution in [3.8, 4) is 6.01 Å². The summed E-state index contributed by atoms with van der Waals surface area (Å²) in [6.07, 6.45) is 1.61. The maximum absolute atomic E-state index is 5.55. The Balaban J connectivity index is 2.05. The largest absolute Gasteiger partial charge is 0.464 e. The van der Waals surface area contributed by atoms with Crippen LogP contribution in [0.5, 0.6) is 6.01 Å². The molecule has 0 aromatic carbocycles. The molecule has 18 heavy (non-hydrogen) atoms. The monoisotopic (exact) mass is 247 g/mol. The molecule has 0 radical (unpaired) electrons. The predicted octanol–water partition coefficient (Wildman–Crippen LogP) is 0.255. The number of nitrogens with two attached hydrogens (primary N) is 1. The summed E-state index contributed by atoms with van der Waals surface area (Å²) >= 11 is 0. The van der Waals surface area contributed by atoms with Gasteiger partial charge in [0.1, 0.15) is 0 Å². The van der Waals surface area contributed by atoms with Gasteiger partial charge >= 0.3 is 6.01 Å². The van der Waals surface area contributed by atoms with Crippen LogP contribution < -0.4 is 15.8 Å². The van der Waals surface area contributed by atoms with Crippen LogP contribution in [0.3, 0.4) is 0 Å². The molecule has 0 bridgehead atoms.